The van der Waals surface area contributed by atoms with E-state index in [9.17, 15) is 4.39 Å². The van der Waals surface area contributed by atoms with Gasteiger partial charge in [0, 0.05) is 16.5 Å². The molecule has 0 fully saturated rings. The van der Waals surface area contributed by atoms with Crippen LogP contribution in [0.3, 0.4) is 0 Å². The van der Waals surface area contributed by atoms with Gasteiger partial charge in [0.25, 0.3) is 0 Å². The van der Waals surface area contributed by atoms with Gasteiger partial charge >= 0.3 is 0 Å². The third-order valence-corrected chi connectivity index (χ3v) is 4.58. The summed E-state index contributed by atoms with van der Waals surface area (Å²) in [7, 11) is 0. The first-order valence-corrected chi connectivity index (χ1v) is 7.38. The van der Waals surface area contributed by atoms with Crippen LogP contribution in [-0.2, 0) is 0 Å². The average Bonchev–Trinajstić information content (AvgIpc) is 2.71. The smallest absolute Gasteiger partial charge is 0.125 e. The van der Waals surface area contributed by atoms with Gasteiger partial charge in [0.2, 0.25) is 0 Å². The lowest BCUT2D eigenvalue weighted by Crippen LogP contribution is -2.17. The van der Waals surface area contributed by atoms with E-state index in [-0.39, 0.29) is 11.9 Å². The number of hydrogen-bond donors (Lipinski definition) is 1. The maximum Gasteiger partial charge on any atom is 0.125 e. The molecular weight excluding hydrogens is 283 g/mol. The molecule has 1 heterocycles. The number of aromatic nitrogens is 1. The van der Waals surface area contributed by atoms with E-state index in [1.165, 1.54) is 17.0 Å². The summed E-state index contributed by atoms with van der Waals surface area (Å²) in [5, 5.41) is 4.60. The Morgan fingerprint density at radius 2 is 2.21 bits per heavy atom. The second kappa shape index (κ2) is 5.99. The molecule has 0 radical (unpaired) electrons. The molecule has 0 amide bonds. The van der Waals surface area contributed by atoms with Gasteiger partial charge in [-0.2, -0.15) is 0 Å². The van der Waals surface area contributed by atoms with Gasteiger partial charge in [0.05, 0.1) is 10.7 Å². The van der Waals surface area contributed by atoms with Crippen molar-refractivity contribution in [1.82, 2.24) is 10.3 Å². The Bertz CT molecular complexity index is 583. The van der Waals surface area contributed by atoms with Crippen molar-refractivity contribution in [1.29, 1.82) is 0 Å². The molecule has 1 aromatic heterocycles. The molecule has 1 atom stereocenters. The predicted octanol–water partition coefficient (Wildman–Crippen LogP) is 4.58. The van der Waals surface area contributed by atoms with Crippen molar-refractivity contribution in [3.05, 3.63) is 39.6 Å². The van der Waals surface area contributed by atoms with Crippen LogP contribution < -0.4 is 5.32 Å². The number of aryl methyl sites for hydroxylation is 1. The van der Waals surface area contributed by atoms with Gasteiger partial charge < -0.3 is 5.32 Å². The van der Waals surface area contributed by atoms with Crippen LogP contribution in [0.2, 0.25) is 5.02 Å². The minimum atomic E-state index is -0.330. The van der Waals surface area contributed by atoms with E-state index in [1.807, 2.05) is 6.92 Å². The second-order valence-electron chi connectivity index (χ2n) is 4.37. The molecule has 0 bridgehead atoms. The molecule has 0 saturated heterocycles. The number of halogens is 2. The predicted molar refractivity (Wildman–Crippen MR) is 79.3 cm³/mol. The second-order valence-corrected chi connectivity index (χ2v) is 5.81. The number of hydrogen-bond acceptors (Lipinski definition) is 3. The fraction of sp³-hybridized carbons (Fsp3) is 0.357. The maximum atomic E-state index is 13.1. The average molecular weight is 299 g/mol. The van der Waals surface area contributed by atoms with Gasteiger partial charge in [-0.15, -0.1) is 11.3 Å². The molecule has 102 valence electrons. The van der Waals surface area contributed by atoms with Gasteiger partial charge in [-0.05, 0) is 38.6 Å². The van der Waals surface area contributed by atoms with E-state index >= 15 is 0 Å². The molecule has 2 aromatic rings. The molecule has 0 spiro atoms. The number of rotatable bonds is 4. The Kier molecular flexibility index (Phi) is 4.55. The fourth-order valence-electron chi connectivity index (χ4n) is 1.99. The summed E-state index contributed by atoms with van der Waals surface area (Å²) >= 11 is 7.68. The normalized spacial score (nSPS) is 12.7. The van der Waals surface area contributed by atoms with Crippen molar-refractivity contribution >= 4 is 22.9 Å². The summed E-state index contributed by atoms with van der Waals surface area (Å²) in [4.78, 5) is 5.74. The van der Waals surface area contributed by atoms with Crippen molar-refractivity contribution in [3.8, 4) is 10.6 Å². The molecule has 19 heavy (non-hydrogen) atoms. The van der Waals surface area contributed by atoms with E-state index in [0.717, 1.165) is 22.8 Å². The first-order valence-electron chi connectivity index (χ1n) is 6.19. The number of benzene rings is 1. The summed E-state index contributed by atoms with van der Waals surface area (Å²) in [6.07, 6.45) is 0. The monoisotopic (exact) mass is 298 g/mol. The molecular formula is C14H16ClFN2S. The highest BCUT2D eigenvalue weighted by Gasteiger charge is 2.16. The molecule has 0 aliphatic carbocycles. The summed E-state index contributed by atoms with van der Waals surface area (Å²) in [6.45, 7) is 7.08. The molecule has 2 rings (SSSR count). The van der Waals surface area contributed by atoms with Crippen LogP contribution in [0.4, 0.5) is 4.39 Å². The zero-order valence-electron chi connectivity index (χ0n) is 11.1. The molecule has 0 aliphatic rings. The summed E-state index contributed by atoms with van der Waals surface area (Å²) in [5.41, 5.74) is 1.78. The summed E-state index contributed by atoms with van der Waals surface area (Å²) < 4.78 is 13.1. The minimum absolute atomic E-state index is 0.260. The largest absolute Gasteiger partial charge is 0.310 e. The van der Waals surface area contributed by atoms with E-state index < -0.39 is 0 Å². The van der Waals surface area contributed by atoms with Crippen LogP contribution in [0.25, 0.3) is 10.6 Å². The first-order chi connectivity index (χ1) is 9.02. The maximum absolute atomic E-state index is 13.1. The molecule has 1 unspecified atom stereocenters. The van der Waals surface area contributed by atoms with E-state index in [0.29, 0.717) is 5.02 Å². The lowest BCUT2D eigenvalue weighted by atomic mass is 10.2. The topological polar surface area (TPSA) is 24.9 Å². The molecule has 0 aliphatic heterocycles. The Balaban J connectivity index is 2.39. The molecule has 1 aromatic carbocycles. The Morgan fingerprint density at radius 3 is 2.84 bits per heavy atom. The third kappa shape index (κ3) is 3.14. The Labute approximate surface area is 121 Å². The van der Waals surface area contributed by atoms with Crippen LogP contribution in [0, 0.1) is 12.7 Å². The van der Waals surface area contributed by atoms with Gasteiger partial charge in [-0.1, -0.05) is 18.5 Å². The van der Waals surface area contributed by atoms with E-state index in [2.05, 4.69) is 24.1 Å². The highest BCUT2D eigenvalue weighted by atomic mass is 35.5. The van der Waals surface area contributed by atoms with Crippen molar-refractivity contribution in [2.24, 2.45) is 0 Å². The van der Waals surface area contributed by atoms with Gasteiger partial charge in [0.15, 0.2) is 0 Å². The fourth-order valence-corrected chi connectivity index (χ4v) is 3.43. The summed E-state index contributed by atoms with van der Waals surface area (Å²) in [6, 6.07) is 4.67. The number of nitrogens with one attached hydrogen (secondary N) is 1. The molecule has 0 saturated carbocycles. The zero-order chi connectivity index (χ0) is 14.0. The lowest BCUT2D eigenvalue weighted by Gasteiger charge is -2.09. The minimum Gasteiger partial charge on any atom is -0.310 e. The van der Waals surface area contributed by atoms with Crippen LogP contribution in [-0.4, -0.2) is 11.5 Å². The zero-order valence-corrected chi connectivity index (χ0v) is 12.7. The van der Waals surface area contributed by atoms with Crippen molar-refractivity contribution in [3.63, 3.8) is 0 Å². The van der Waals surface area contributed by atoms with Crippen LogP contribution in [0.1, 0.15) is 30.5 Å². The van der Waals surface area contributed by atoms with Crippen LogP contribution >= 0.6 is 22.9 Å². The van der Waals surface area contributed by atoms with Gasteiger partial charge in [-0.25, -0.2) is 9.37 Å². The highest BCUT2D eigenvalue weighted by molar-refractivity contribution is 7.15. The van der Waals surface area contributed by atoms with Crippen LogP contribution in [0.15, 0.2) is 18.2 Å². The lowest BCUT2D eigenvalue weighted by molar-refractivity contribution is 0.603. The van der Waals surface area contributed by atoms with E-state index in [4.69, 9.17) is 11.6 Å². The Morgan fingerprint density at radius 1 is 1.47 bits per heavy atom. The Hall–Kier alpha value is -0.970. The SMILES string of the molecule is CCNC(C)c1sc(-c2ccc(F)cc2Cl)nc1C. The van der Waals surface area contributed by atoms with Gasteiger partial charge in [-0.3, -0.25) is 0 Å². The van der Waals surface area contributed by atoms with Crippen molar-refractivity contribution in [2.45, 2.75) is 26.8 Å². The quantitative estimate of drug-likeness (QED) is 0.893. The third-order valence-electron chi connectivity index (χ3n) is 2.90. The molecule has 1 N–H and O–H groups in total. The van der Waals surface area contributed by atoms with Crippen molar-refractivity contribution in [2.75, 3.05) is 6.54 Å². The molecule has 5 heteroatoms. The van der Waals surface area contributed by atoms with Crippen molar-refractivity contribution < 1.29 is 4.39 Å². The number of thiazole rings is 1. The number of nitrogens with zero attached hydrogens (tertiary/aromatic N) is 1. The van der Waals surface area contributed by atoms with E-state index in [1.54, 1.807) is 17.4 Å². The molecule has 2 nitrogen and oxygen atoms in total. The standard InChI is InChI=1S/C14H16ClFN2S/c1-4-17-8(2)13-9(3)18-14(19-13)11-6-5-10(16)7-12(11)15/h5-8,17H,4H2,1-3H3. The highest BCUT2D eigenvalue weighted by Crippen LogP contribution is 2.35. The van der Waals surface area contributed by atoms with Gasteiger partial charge in [0.1, 0.15) is 10.8 Å². The van der Waals surface area contributed by atoms with Crippen LogP contribution in [0.5, 0.6) is 0 Å². The summed E-state index contributed by atoms with van der Waals surface area (Å²) in [5.74, 6) is -0.330. The first kappa shape index (κ1) is 14.4.